The summed E-state index contributed by atoms with van der Waals surface area (Å²) >= 11 is 5.85. The van der Waals surface area contributed by atoms with Gasteiger partial charge < -0.3 is 0 Å². The highest BCUT2D eigenvalue weighted by molar-refractivity contribution is 6.30. The number of hydrogen-bond acceptors (Lipinski definition) is 1. The molecule has 9 heavy (non-hydrogen) atoms. The van der Waals surface area contributed by atoms with Gasteiger partial charge in [0.15, 0.2) is 7.05 Å². The average molecular weight is 146 g/mol. The van der Waals surface area contributed by atoms with E-state index in [1.165, 1.54) is 0 Å². The van der Waals surface area contributed by atoms with Crippen LogP contribution in [0.5, 0.6) is 0 Å². The molecule has 50 valence electrons. The number of hydrogen-bond donors (Lipinski definition) is 0. The molecular formula is C6H10ClN2+. The molecule has 0 amide bonds. The van der Waals surface area contributed by atoms with E-state index in [1.807, 2.05) is 25.6 Å². The summed E-state index contributed by atoms with van der Waals surface area (Å²) in [7, 11) is 1.92. The maximum Gasteiger partial charge on any atom is 0.212 e. The number of likely N-dealkylation sites (N-methyl/N-ethyl adjacent to an activating group) is 1. The van der Waals surface area contributed by atoms with Crippen LogP contribution < -0.4 is 0 Å². The lowest BCUT2D eigenvalue weighted by Crippen LogP contribution is -2.12. The zero-order valence-corrected chi connectivity index (χ0v) is 6.61. The predicted octanol–water partition coefficient (Wildman–Crippen LogP) is 1.95. The number of nitrogens with zero attached hydrogens (tertiary/aromatic N) is 2. The van der Waals surface area contributed by atoms with Crippen LogP contribution >= 0.6 is 11.6 Å². The average Bonchev–Trinajstić information content (AvgIpc) is 1.98. The van der Waals surface area contributed by atoms with Gasteiger partial charge in [0.05, 0.1) is 0 Å². The van der Waals surface area contributed by atoms with Crippen LogP contribution in [0.15, 0.2) is 15.8 Å². The molecule has 2 nitrogen and oxygen atoms in total. The molecule has 0 aliphatic carbocycles. The van der Waals surface area contributed by atoms with Gasteiger partial charge in [-0.1, -0.05) is 11.6 Å². The lowest BCUT2D eigenvalue weighted by Gasteiger charge is -1.93. The molecule has 1 rings (SSSR count). The van der Waals surface area contributed by atoms with Gasteiger partial charge in [0.2, 0.25) is 6.04 Å². The second-order valence-corrected chi connectivity index (χ2v) is 2.69. The van der Waals surface area contributed by atoms with Crippen molar-refractivity contribution in [3.8, 4) is 0 Å². The van der Waals surface area contributed by atoms with Crippen molar-refractivity contribution in [2.45, 2.75) is 19.9 Å². The summed E-state index contributed by atoms with van der Waals surface area (Å²) in [5, 5.41) is 4.99. The van der Waals surface area contributed by atoms with Crippen LogP contribution in [0, 0.1) is 0 Å². The van der Waals surface area contributed by atoms with Crippen molar-refractivity contribution in [3.05, 3.63) is 10.7 Å². The van der Waals surface area contributed by atoms with Crippen molar-refractivity contribution in [1.29, 1.82) is 0 Å². The van der Waals surface area contributed by atoms with Crippen molar-refractivity contribution in [1.82, 2.24) is 0 Å². The summed E-state index contributed by atoms with van der Waals surface area (Å²) < 4.78 is 1.86. The molecule has 3 heteroatoms. The van der Waals surface area contributed by atoms with Gasteiger partial charge in [0.25, 0.3) is 0 Å². The highest BCUT2D eigenvalue weighted by Gasteiger charge is 2.25. The third kappa shape index (κ3) is 0.990. The molecule has 0 radical (unpaired) electrons. The lowest BCUT2D eigenvalue weighted by atomic mass is 10.3. The summed E-state index contributed by atoms with van der Waals surface area (Å²) in [5.74, 6) is 0. The van der Waals surface area contributed by atoms with Crippen molar-refractivity contribution in [3.63, 3.8) is 0 Å². The standard InChI is InChI=1S/C6H10ClN2/c1-4-6(7)5(2)9(3)8-4/h5H,1-3H3/q+1. The first-order valence-corrected chi connectivity index (χ1v) is 3.31. The minimum atomic E-state index is 0.270. The fourth-order valence-electron chi connectivity index (χ4n) is 0.837. The molecule has 0 spiro atoms. The van der Waals surface area contributed by atoms with Gasteiger partial charge in [-0.3, -0.25) is 0 Å². The van der Waals surface area contributed by atoms with E-state index in [-0.39, 0.29) is 6.04 Å². The minimum absolute atomic E-state index is 0.270. The Labute approximate surface area is 59.8 Å². The zero-order chi connectivity index (χ0) is 7.02. The van der Waals surface area contributed by atoms with Gasteiger partial charge >= 0.3 is 0 Å². The molecule has 0 aromatic heterocycles. The second-order valence-electron chi connectivity index (χ2n) is 2.28. The van der Waals surface area contributed by atoms with E-state index in [9.17, 15) is 0 Å². The van der Waals surface area contributed by atoms with E-state index >= 15 is 0 Å². The lowest BCUT2D eigenvalue weighted by molar-refractivity contribution is -0.580. The Hall–Kier alpha value is -0.370. The number of halogens is 1. The van der Waals surface area contributed by atoms with Crippen LogP contribution in [-0.2, 0) is 0 Å². The molecular weight excluding hydrogens is 136 g/mol. The molecule has 0 fully saturated rings. The quantitative estimate of drug-likeness (QED) is 0.463. The highest BCUT2D eigenvalue weighted by atomic mass is 35.5. The maximum absolute atomic E-state index is 5.85. The molecule has 0 aromatic carbocycles. The van der Waals surface area contributed by atoms with Gasteiger partial charge in [-0.05, 0) is 12.0 Å². The van der Waals surface area contributed by atoms with Crippen LogP contribution in [0.3, 0.4) is 0 Å². The van der Waals surface area contributed by atoms with Crippen LogP contribution in [0.2, 0.25) is 0 Å². The van der Waals surface area contributed by atoms with Gasteiger partial charge in [0, 0.05) is 6.92 Å². The third-order valence-electron chi connectivity index (χ3n) is 1.58. The summed E-state index contributed by atoms with van der Waals surface area (Å²) in [6, 6.07) is 0.270. The van der Waals surface area contributed by atoms with E-state index in [2.05, 4.69) is 5.11 Å². The second kappa shape index (κ2) is 2.10. The fraction of sp³-hybridized carbons (Fsp3) is 0.667. The van der Waals surface area contributed by atoms with Crippen molar-refractivity contribution < 1.29 is 4.70 Å². The molecule has 0 aromatic rings. The summed E-state index contributed by atoms with van der Waals surface area (Å²) in [6.45, 7) is 3.95. The molecule has 0 bridgehead atoms. The molecule has 0 N–H and O–H groups in total. The maximum atomic E-state index is 5.85. The van der Waals surface area contributed by atoms with Gasteiger partial charge in [-0.25, -0.2) is 0 Å². The van der Waals surface area contributed by atoms with E-state index in [1.54, 1.807) is 0 Å². The molecule has 1 heterocycles. The van der Waals surface area contributed by atoms with E-state index < -0.39 is 0 Å². The normalized spacial score (nSPS) is 27.1. The molecule has 0 saturated carbocycles. The Morgan fingerprint density at radius 2 is 2.22 bits per heavy atom. The van der Waals surface area contributed by atoms with E-state index in [0.29, 0.717) is 0 Å². The SMILES string of the molecule is CC1=C(Cl)C(C)[N+](C)=N1. The summed E-state index contributed by atoms with van der Waals surface area (Å²) in [5.41, 5.74) is 0.937. The smallest absolute Gasteiger partial charge is 0.117 e. The molecule has 1 unspecified atom stereocenters. The summed E-state index contributed by atoms with van der Waals surface area (Å²) in [6.07, 6.45) is 0. The Balaban J connectivity index is 2.92. The Bertz CT molecular complexity index is 193. The van der Waals surface area contributed by atoms with Crippen LogP contribution in [-0.4, -0.2) is 17.8 Å². The predicted molar refractivity (Wildman–Crippen MR) is 36.6 cm³/mol. The Kier molecular flexibility index (Phi) is 1.58. The number of azo groups is 2. The zero-order valence-electron chi connectivity index (χ0n) is 5.85. The largest absolute Gasteiger partial charge is 0.212 e. The van der Waals surface area contributed by atoms with Crippen LogP contribution in [0.1, 0.15) is 13.8 Å². The van der Waals surface area contributed by atoms with Crippen molar-refractivity contribution in [2.24, 2.45) is 5.11 Å². The first-order chi connectivity index (χ1) is 4.13. The molecule has 1 aliphatic heterocycles. The van der Waals surface area contributed by atoms with Crippen molar-refractivity contribution >= 4 is 11.6 Å². The molecule has 0 saturated heterocycles. The third-order valence-corrected chi connectivity index (χ3v) is 2.17. The monoisotopic (exact) mass is 145 g/mol. The van der Waals surface area contributed by atoms with Crippen molar-refractivity contribution in [2.75, 3.05) is 7.05 Å². The highest BCUT2D eigenvalue weighted by Crippen LogP contribution is 2.22. The Morgan fingerprint density at radius 3 is 2.33 bits per heavy atom. The molecule has 1 aliphatic rings. The summed E-state index contributed by atoms with van der Waals surface area (Å²) in [4.78, 5) is 0. The fourth-order valence-corrected chi connectivity index (χ4v) is 1.02. The Morgan fingerprint density at radius 1 is 1.67 bits per heavy atom. The van der Waals surface area contributed by atoms with Crippen LogP contribution in [0.4, 0.5) is 0 Å². The topological polar surface area (TPSA) is 15.4 Å². The molecule has 1 atom stereocenters. The first-order valence-electron chi connectivity index (χ1n) is 2.93. The van der Waals surface area contributed by atoms with Gasteiger partial charge in [0.1, 0.15) is 10.7 Å². The van der Waals surface area contributed by atoms with Gasteiger partial charge in [-0.2, -0.15) is 0 Å². The van der Waals surface area contributed by atoms with E-state index in [4.69, 9.17) is 11.6 Å². The number of allylic oxidation sites excluding steroid dienone is 1. The number of rotatable bonds is 0. The van der Waals surface area contributed by atoms with E-state index in [0.717, 1.165) is 10.7 Å². The van der Waals surface area contributed by atoms with Crippen LogP contribution in [0.25, 0.3) is 0 Å². The van der Waals surface area contributed by atoms with Gasteiger partial charge in [-0.15, -0.1) is 4.70 Å². The first kappa shape index (κ1) is 6.75. The minimum Gasteiger partial charge on any atom is -0.117 e.